The highest BCUT2D eigenvalue weighted by Crippen LogP contribution is 2.36. The molecule has 8 heteroatoms. The molecule has 194 valence electrons. The maximum Gasteiger partial charge on any atom is 0.469 e. The number of phosphoric acid groups is 1. The van der Waals surface area contributed by atoms with Crippen molar-refractivity contribution in [3.8, 4) is 0 Å². The number of nitrogens with two attached hydrogens (primary N) is 1. The van der Waals surface area contributed by atoms with E-state index in [2.05, 4.69) is 6.92 Å². The van der Waals surface area contributed by atoms with Crippen LogP contribution in [0.3, 0.4) is 0 Å². The van der Waals surface area contributed by atoms with Gasteiger partial charge in [0, 0.05) is 19.1 Å². The van der Waals surface area contributed by atoms with E-state index < -0.39 is 7.82 Å². The van der Waals surface area contributed by atoms with Gasteiger partial charge in [-0.05, 0) is 6.42 Å². The first-order valence-corrected chi connectivity index (χ1v) is 14.4. The van der Waals surface area contributed by atoms with Crippen molar-refractivity contribution in [2.45, 2.75) is 115 Å². The van der Waals surface area contributed by atoms with Crippen LogP contribution in [0.25, 0.3) is 0 Å². The highest BCUT2D eigenvalue weighted by Gasteiger charge is 2.29. The SMILES string of the molecule is CCCCCCCCCCCCCCCCOCC(N)CC(COP(=O)(O)O)[N+](C)(C)C. The van der Waals surface area contributed by atoms with Gasteiger partial charge in [-0.3, -0.25) is 4.52 Å². The third kappa shape index (κ3) is 21.8. The average Bonchev–Trinajstić information content (AvgIpc) is 2.69. The molecule has 0 aliphatic heterocycles. The molecule has 32 heavy (non-hydrogen) atoms. The molecule has 0 aromatic carbocycles. The van der Waals surface area contributed by atoms with Gasteiger partial charge >= 0.3 is 7.82 Å². The number of phosphoric ester groups is 1. The van der Waals surface area contributed by atoms with Crippen LogP contribution in [0.15, 0.2) is 0 Å². The zero-order chi connectivity index (χ0) is 24.3. The monoisotopic (exact) mass is 481 g/mol. The topological polar surface area (TPSA) is 102 Å². The van der Waals surface area contributed by atoms with E-state index >= 15 is 0 Å². The number of hydrogen-bond donors (Lipinski definition) is 3. The van der Waals surface area contributed by atoms with Gasteiger partial charge in [0.05, 0.1) is 27.7 Å². The summed E-state index contributed by atoms with van der Waals surface area (Å²) in [4.78, 5) is 17.9. The van der Waals surface area contributed by atoms with E-state index in [1.54, 1.807) is 0 Å². The molecule has 0 aliphatic rings. The quantitative estimate of drug-likeness (QED) is 0.103. The van der Waals surface area contributed by atoms with E-state index in [0.717, 1.165) is 13.0 Å². The molecule has 0 rings (SSSR count). The Hall–Kier alpha value is -0.0100. The number of ether oxygens (including phenoxy) is 1. The molecule has 4 N–H and O–H groups in total. The van der Waals surface area contributed by atoms with Crippen LogP contribution >= 0.6 is 7.82 Å². The lowest BCUT2D eigenvalue weighted by molar-refractivity contribution is -0.896. The normalized spacial score (nSPS) is 14.6. The molecule has 0 saturated heterocycles. The van der Waals surface area contributed by atoms with Crippen LogP contribution in [0.1, 0.15) is 103 Å². The summed E-state index contributed by atoms with van der Waals surface area (Å²) < 4.78 is 22.0. The van der Waals surface area contributed by atoms with Gasteiger partial charge in [0.15, 0.2) is 0 Å². The molecular formula is C24H54N2O5P+. The van der Waals surface area contributed by atoms with Crippen LogP contribution in [0.2, 0.25) is 0 Å². The summed E-state index contributed by atoms with van der Waals surface area (Å²) in [5.41, 5.74) is 6.19. The van der Waals surface area contributed by atoms with E-state index in [9.17, 15) is 4.57 Å². The van der Waals surface area contributed by atoms with Crippen molar-refractivity contribution in [1.29, 1.82) is 0 Å². The van der Waals surface area contributed by atoms with Crippen molar-refractivity contribution >= 4 is 7.82 Å². The van der Waals surface area contributed by atoms with Crippen molar-refractivity contribution < 1.29 is 28.1 Å². The van der Waals surface area contributed by atoms with Crippen LogP contribution in [-0.4, -0.2) is 67.3 Å². The van der Waals surface area contributed by atoms with Crippen molar-refractivity contribution in [2.75, 3.05) is 41.0 Å². The Balaban J connectivity index is 3.60. The minimum absolute atomic E-state index is 0.0273. The van der Waals surface area contributed by atoms with E-state index in [1.807, 2.05) is 21.1 Å². The fourth-order valence-electron chi connectivity index (χ4n) is 3.84. The molecule has 0 aliphatic carbocycles. The molecule has 2 atom stereocenters. The summed E-state index contributed by atoms with van der Waals surface area (Å²) >= 11 is 0. The first kappa shape index (κ1) is 32.0. The summed E-state index contributed by atoms with van der Waals surface area (Å²) in [7, 11) is 1.44. The molecule has 0 amide bonds. The highest BCUT2D eigenvalue weighted by molar-refractivity contribution is 7.46. The Kier molecular flexibility index (Phi) is 19.3. The second-order valence-electron chi connectivity index (χ2n) is 10.2. The van der Waals surface area contributed by atoms with Crippen LogP contribution in [0.4, 0.5) is 0 Å². The first-order chi connectivity index (χ1) is 15.1. The smallest absolute Gasteiger partial charge is 0.380 e. The third-order valence-electron chi connectivity index (χ3n) is 6.08. The van der Waals surface area contributed by atoms with Gasteiger partial charge < -0.3 is 24.7 Å². The minimum atomic E-state index is -4.47. The van der Waals surface area contributed by atoms with Crippen molar-refractivity contribution in [3.63, 3.8) is 0 Å². The fourth-order valence-corrected chi connectivity index (χ4v) is 4.21. The van der Waals surface area contributed by atoms with E-state index in [1.165, 1.54) is 83.5 Å². The lowest BCUT2D eigenvalue weighted by Gasteiger charge is -2.35. The molecule has 0 bridgehead atoms. The number of likely N-dealkylation sites (N-methyl/N-ethyl adjacent to an activating group) is 1. The Morgan fingerprint density at radius 2 is 1.22 bits per heavy atom. The van der Waals surface area contributed by atoms with E-state index in [-0.39, 0.29) is 18.7 Å². The third-order valence-corrected chi connectivity index (χ3v) is 6.56. The van der Waals surface area contributed by atoms with E-state index in [4.69, 9.17) is 24.8 Å². The summed E-state index contributed by atoms with van der Waals surface area (Å²) in [6.45, 7) is 3.43. The van der Waals surface area contributed by atoms with Crippen molar-refractivity contribution in [3.05, 3.63) is 0 Å². The van der Waals surface area contributed by atoms with Crippen LogP contribution in [0.5, 0.6) is 0 Å². The van der Waals surface area contributed by atoms with Gasteiger partial charge in [-0.2, -0.15) is 0 Å². The second-order valence-corrected chi connectivity index (χ2v) is 11.5. The molecular weight excluding hydrogens is 427 g/mol. The average molecular weight is 482 g/mol. The van der Waals surface area contributed by atoms with Crippen LogP contribution in [-0.2, 0) is 13.8 Å². The van der Waals surface area contributed by atoms with E-state index in [0.29, 0.717) is 17.5 Å². The maximum atomic E-state index is 11.0. The molecule has 0 spiro atoms. The number of nitrogens with zero attached hydrogens (tertiary/aromatic N) is 1. The van der Waals surface area contributed by atoms with Gasteiger partial charge in [0.2, 0.25) is 0 Å². The Morgan fingerprint density at radius 1 is 0.781 bits per heavy atom. The van der Waals surface area contributed by atoms with Gasteiger partial charge in [-0.1, -0.05) is 90.4 Å². The predicted octanol–water partition coefficient (Wildman–Crippen LogP) is 5.39. The predicted molar refractivity (Wildman–Crippen MR) is 134 cm³/mol. The number of unbranched alkanes of at least 4 members (excludes halogenated alkanes) is 13. The molecule has 2 unspecified atom stereocenters. The van der Waals surface area contributed by atoms with Crippen LogP contribution in [0, 0.1) is 0 Å². The Bertz CT molecular complexity index is 468. The lowest BCUT2D eigenvalue weighted by atomic mass is 10.0. The van der Waals surface area contributed by atoms with Gasteiger partial charge in [-0.25, -0.2) is 4.57 Å². The first-order valence-electron chi connectivity index (χ1n) is 12.9. The summed E-state index contributed by atoms with van der Waals surface area (Å²) in [6, 6.07) is -0.286. The summed E-state index contributed by atoms with van der Waals surface area (Å²) in [5, 5.41) is 0. The number of hydrogen-bond acceptors (Lipinski definition) is 4. The zero-order valence-corrected chi connectivity index (χ0v) is 22.4. The molecule has 0 aromatic rings. The zero-order valence-electron chi connectivity index (χ0n) is 21.5. The second kappa shape index (κ2) is 19.3. The molecule has 0 fully saturated rings. The summed E-state index contributed by atoms with van der Waals surface area (Å²) in [6.07, 6.45) is 19.3. The number of rotatable bonds is 23. The lowest BCUT2D eigenvalue weighted by Crippen LogP contribution is -2.50. The standard InChI is InChI=1S/C24H53N2O5P/c1-5-6-7-8-9-10-11-12-13-14-15-16-17-18-19-30-21-23(25)20-24(26(2,3)4)22-31-32(27,28)29/h23-24H,5-22,25H2,1-4H3,(H-,27,28,29)/p+1. The van der Waals surface area contributed by atoms with Gasteiger partial charge in [0.25, 0.3) is 0 Å². The van der Waals surface area contributed by atoms with Crippen molar-refractivity contribution in [2.24, 2.45) is 5.73 Å². The highest BCUT2D eigenvalue weighted by atomic mass is 31.2. The molecule has 7 nitrogen and oxygen atoms in total. The molecule has 0 aromatic heterocycles. The molecule has 0 radical (unpaired) electrons. The number of quaternary nitrogens is 1. The largest absolute Gasteiger partial charge is 0.469 e. The summed E-state index contributed by atoms with van der Waals surface area (Å²) in [5.74, 6) is 0. The molecule has 0 heterocycles. The molecule has 0 saturated carbocycles. The van der Waals surface area contributed by atoms with Gasteiger partial charge in [-0.15, -0.1) is 0 Å². The Labute approximate surface area is 198 Å². The van der Waals surface area contributed by atoms with Gasteiger partial charge in [0.1, 0.15) is 12.6 Å². The van der Waals surface area contributed by atoms with Crippen LogP contribution < -0.4 is 5.73 Å². The Morgan fingerprint density at radius 3 is 1.62 bits per heavy atom. The maximum absolute atomic E-state index is 11.0. The fraction of sp³-hybridized carbons (Fsp3) is 1.00. The minimum Gasteiger partial charge on any atom is -0.380 e. The van der Waals surface area contributed by atoms with Crippen molar-refractivity contribution in [1.82, 2.24) is 0 Å².